The van der Waals surface area contributed by atoms with E-state index in [1.807, 2.05) is 39.0 Å². The van der Waals surface area contributed by atoms with Gasteiger partial charge in [-0.2, -0.15) is 5.10 Å². The molecular formula is C18H25N3O3. The van der Waals surface area contributed by atoms with E-state index >= 15 is 0 Å². The third-order valence-corrected chi connectivity index (χ3v) is 3.99. The van der Waals surface area contributed by atoms with Crippen LogP contribution in [0.1, 0.15) is 37.7 Å². The Bertz CT molecular complexity index is 710. The Morgan fingerprint density at radius 1 is 1.25 bits per heavy atom. The van der Waals surface area contributed by atoms with Gasteiger partial charge < -0.3 is 14.8 Å². The highest BCUT2D eigenvalue weighted by molar-refractivity contribution is 5.93. The van der Waals surface area contributed by atoms with Gasteiger partial charge in [0.15, 0.2) is 5.69 Å². The van der Waals surface area contributed by atoms with E-state index in [0.717, 1.165) is 17.7 Å². The summed E-state index contributed by atoms with van der Waals surface area (Å²) >= 11 is 0. The Kier molecular flexibility index (Phi) is 5.84. The van der Waals surface area contributed by atoms with Crippen molar-refractivity contribution < 1.29 is 14.3 Å². The van der Waals surface area contributed by atoms with Crippen LogP contribution in [0.3, 0.4) is 0 Å². The number of amides is 1. The second kappa shape index (κ2) is 7.86. The molecule has 0 aliphatic rings. The van der Waals surface area contributed by atoms with Crippen LogP contribution in [0.15, 0.2) is 24.3 Å². The van der Waals surface area contributed by atoms with Crippen molar-refractivity contribution in [2.75, 3.05) is 14.2 Å². The van der Waals surface area contributed by atoms with E-state index in [-0.39, 0.29) is 11.9 Å². The first-order valence-corrected chi connectivity index (χ1v) is 8.15. The van der Waals surface area contributed by atoms with E-state index in [9.17, 15) is 4.79 Å². The maximum Gasteiger partial charge on any atom is 0.272 e. The zero-order valence-corrected chi connectivity index (χ0v) is 14.9. The molecule has 0 aliphatic heterocycles. The molecule has 0 fully saturated rings. The number of carbonyl (C=O) groups excluding carboxylic acids is 1. The second-order valence-corrected chi connectivity index (χ2v) is 5.58. The molecule has 1 aromatic carbocycles. The van der Waals surface area contributed by atoms with Crippen molar-refractivity contribution >= 4 is 5.91 Å². The Hall–Kier alpha value is -2.50. The molecule has 2 aromatic rings. The summed E-state index contributed by atoms with van der Waals surface area (Å²) in [6.07, 6.45) is 0.874. The molecule has 24 heavy (non-hydrogen) atoms. The molecule has 0 radical (unpaired) electrons. The molecule has 1 N–H and O–H groups in total. The lowest BCUT2D eigenvalue weighted by atomic mass is 10.1. The number of hydrogen-bond donors (Lipinski definition) is 1. The fourth-order valence-corrected chi connectivity index (χ4v) is 2.40. The van der Waals surface area contributed by atoms with Crippen molar-refractivity contribution in [1.82, 2.24) is 15.1 Å². The molecule has 1 amide bonds. The maximum absolute atomic E-state index is 12.3. The van der Waals surface area contributed by atoms with Crippen molar-refractivity contribution in [3.8, 4) is 22.8 Å². The quantitative estimate of drug-likeness (QED) is 0.846. The van der Waals surface area contributed by atoms with Crippen LogP contribution in [0, 0.1) is 0 Å². The lowest BCUT2D eigenvalue weighted by Gasteiger charge is -2.11. The van der Waals surface area contributed by atoms with Crippen molar-refractivity contribution in [3.63, 3.8) is 0 Å². The predicted octanol–water partition coefficient (Wildman–Crippen LogP) is 3.12. The maximum atomic E-state index is 12.3. The summed E-state index contributed by atoms with van der Waals surface area (Å²) in [5.74, 6) is 1.23. The Morgan fingerprint density at radius 2 is 2.00 bits per heavy atom. The zero-order chi connectivity index (χ0) is 17.7. The van der Waals surface area contributed by atoms with Crippen molar-refractivity contribution in [2.24, 2.45) is 0 Å². The van der Waals surface area contributed by atoms with Gasteiger partial charge in [-0.3, -0.25) is 9.48 Å². The van der Waals surface area contributed by atoms with E-state index < -0.39 is 0 Å². The highest BCUT2D eigenvalue weighted by Crippen LogP contribution is 2.33. The van der Waals surface area contributed by atoms with Crippen molar-refractivity contribution in [1.29, 1.82) is 0 Å². The molecule has 0 unspecified atom stereocenters. The van der Waals surface area contributed by atoms with Gasteiger partial charge in [-0.25, -0.2) is 0 Å². The molecular weight excluding hydrogens is 306 g/mol. The van der Waals surface area contributed by atoms with Gasteiger partial charge in [0.2, 0.25) is 0 Å². The molecule has 6 nitrogen and oxygen atoms in total. The summed E-state index contributed by atoms with van der Waals surface area (Å²) in [4.78, 5) is 12.3. The summed E-state index contributed by atoms with van der Waals surface area (Å²) in [5.41, 5.74) is 2.12. The fraction of sp³-hybridized carbons (Fsp3) is 0.444. The van der Waals surface area contributed by atoms with E-state index in [2.05, 4.69) is 10.4 Å². The standard InChI is InChI=1S/C18H25N3O3/c1-6-12(3)19-18(22)15-11-16(21(7-2)20-15)14-9-8-13(23-4)10-17(14)24-5/h8-12H,6-7H2,1-5H3,(H,19,22)/t12-/m1/s1. The SMILES string of the molecule is CC[C@@H](C)NC(=O)c1cc(-c2ccc(OC)cc2OC)n(CC)n1. The number of ether oxygens (including phenoxy) is 2. The van der Waals surface area contributed by atoms with Gasteiger partial charge in [0.25, 0.3) is 5.91 Å². The highest BCUT2D eigenvalue weighted by atomic mass is 16.5. The largest absolute Gasteiger partial charge is 0.497 e. The summed E-state index contributed by atoms with van der Waals surface area (Å²) < 4.78 is 12.5. The second-order valence-electron chi connectivity index (χ2n) is 5.58. The number of nitrogens with zero attached hydrogens (tertiary/aromatic N) is 2. The van der Waals surface area contributed by atoms with Crippen molar-refractivity contribution in [2.45, 2.75) is 39.8 Å². The molecule has 0 saturated heterocycles. The molecule has 1 aromatic heterocycles. The summed E-state index contributed by atoms with van der Waals surface area (Å²) in [5, 5.41) is 7.37. The molecule has 0 bridgehead atoms. The van der Waals surface area contributed by atoms with E-state index in [0.29, 0.717) is 23.7 Å². The molecule has 0 spiro atoms. The average Bonchev–Trinajstić information content (AvgIpc) is 3.05. The Balaban J connectivity index is 2.42. The number of nitrogens with one attached hydrogen (secondary N) is 1. The molecule has 130 valence electrons. The number of methoxy groups -OCH3 is 2. The van der Waals surface area contributed by atoms with Crippen LogP contribution >= 0.6 is 0 Å². The average molecular weight is 331 g/mol. The van der Waals surface area contributed by atoms with Gasteiger partial charge in [0.05, 0.1) is 19.9 Å². The van der Waals surface area contributed by atoms with E-state index in [1.54, 1.807) is 25.0 Å². The Labute approximate surface area is 142 Å². The normalized spacial score (nSPS) is 11.9. The lowest BCUT2D eigenvalue weighted by Crippen LogP contribution is -2.32. The van der Waals surface area contributed by atoms with Gasteiger partial charge >= 0.3 is 0 Å². The van der Waals surface area contributed by atoms with Crippen LogP contribution in [0.2, 0.25) is 0 Å². The molecule has 1 atom stereocenters. The van der Waals surface area contributed by atoms with Crippen molar-refractivity contribution in [3.05, 3.63) is 30.0 Å². The lowest BCUT2D eigenvalue weighted by molar-refractivity contribution is 0.0933. The van der Waals surface area contributed by atoms with Crippen LogP contribution < -0.4 is 14.8 Å². The number of carbonyl (C=O) groups is 1. The minimum atomic E-state index is -0.162. The number of aryl methyl sites for hydroxylation is 1. The van der Waals surface area contributed by atoms with Gasteiger partial charge in [0, 0.05) is 24.2 Å². The number of hydrogen-bond acceptors (Lipinski definition) is 4. The summed E-state index contributed by atoms with van der Waals surface area (Å²) in [7, 11) is 3.23. The third kappa shape index (κ3) is 3.69. The van der Waals surface area contributed by atoms with Crippen LogP contribution in [0.25, 0.3) is 11.3 Å². The minimum Gasteiger partial charge on any atom is -0.497 e. The topological polar surface area (TPSA) is 65.4 Å². The van der Waals surface area contributed by atoms with Gasteiger partial charge in [-0.05, 0) is 38.5 Å². The molecule has 0 saturated carbocycles. The minimum absolute atomic E-state index is 0.114. The van der Waals surface area contributed by atoms with Crippen LogP contribution in [0.5, 0.6) is 11.5 Å². The zero-order valence-electron chi connectivity index (χ0n) is 14.9. The monoisotopic (exact) mass is 331 g/mol. The highest BCUT2D eigenvalue weighted by Gasteiger charge is 2.18. The van der Waals surface area contributed by atoms with Gasteiger partial charge in [-0.15, -0.1) is 0 Å². The number of rotatable bonds is 7. The smallest absolute Gasteiger partial charge is 0.272 e. The summed E-state index contributed by atoms with van der Waals surface area (Å²) in [6.45, 7) is 6.65. The first-order chi connectivity index (χ1) is 11.5. The Morgan fingerprint density at radius 3 is 2.58 bits per heavy atom. The van der Waals surface area contributed by atoms with Crippen LogP contribution in [0.4, 0.5) is 0 Å². The molecule has 1 heterocycles. The fourth-order valence-electron chi connectivity index (χ4n) is 2.40. The summed E-state index contributed by atoms with van der Waals surface area (Å²) in [6, 6.07) is 7.51. The van der Waals surface area contributed by atoms with Crippen LogP contribution in [-0.4, -0.2) is 35.9 Å². The van der Waals surface area contributed by atoms with Crippen LogP contribution in [-0.2, 0) is 6.54 Å². The first kappa shape index (κ1) is 17.8. The number of aromatic nitrogens is 2. The van der Waals surface area contributed by atoms with Gasteiger partial charge in [-0.1, -0.05) is 6.92 Å². The van der Waals surface area contributed by atoms with Gasteiger partial charge in [0.1, 0.15) is 11.5 Å². The molecule has 6 heteroatoms. The predicted molar refractivity (Wildman–Crippen MR) is 93.7 cm³/mol. The number of benzene rings is 1. The first-order valence-electron chi connectivity index (χ1n) is 8.15. The third-order valence-electron chi connectivity index (χ3n) is 3.99. The molecule has 0 aliphatic carbocycles. The molecule has 2 rings (SSSR count). The van der Waals surface area contributed by atoms with E-state index in [1.165, 1.54) is 0 Å². The van der Waals surface area contributed by atoms with E-state index in [4.69, 9.17) is 9.47 Å².